The van der Waals surface area contributed by atoms with Gasteiger partial charge in [0.15, 0.2) is 6.54 Å². The van der Waals surface area contributed by atoms with E-state index in [-0.39, 0.29) is 28.6 Å². The van der Waals surface area contributed by atoms with Crippen LogP contribution in [-0.2, 0) is 26.8 Å². The Balaban J connectivity index is 1.54. The van der Waals surface area contributed by atoms with Gasteiger partial charge in [0.1, 0.15) is 4.70 Å². The fourth-order valence-electron chi connectivity index (χ4n) is 5.35. The summed E-state index contributed by atoms with van der Waals surface area (Å²) in [5, 5.41) is 4.81. The van der Waals surface area contributed by atoms with E-state index in [0.29, 0.717) is 19.5 Å². The van der Waals surface area contributed by atoms with Crippen LogP contribution in [0.4, 0.5) is 0 Å². The normalized spacial score (nSPS) is 20.9. The molecule has 0 amide bonds. The van der Waals surface area contributed by atoms with E-state index >= 15 is 0 Å². The molecule has 2 atom stereocenters. The maximum absolute atomic E-state index is 11.5. The lowest BCUT2D eigenvalue weighted by molar-refractivity contribution is -0.668. The van der Waals surface area contributed by atoms with Crippen molar-refractivity contribution in [3.8, 4) is 0 Å². The third-order valence-corrected chi connectivity index (χ3v) is 13.5. The molecule has 5 rings (SSSR count). The summed E-state index contributed by atoms with van der Waals surface area (Å²) in [7, 11) is -8.09. The van der Waals surface area contributed by atoms with E-state index in [1.165, 1.54) is 10.5 Å². The highest BCUT2D eigenvalue weighted by Crippen LogP contribution is 2.54. The van der Waals surface area contributed by atoms with E-state index in [1.54, 1.807) is 23.1 Å². The van der Waals surface area contributed by atoms with Crippen LogP contribution in [0.2, 0.25) is 0 Å². The smallest absolute Gasteiger partial charge is 0.265 e. The monoisotopic (exact) mass is 667 g/mol. The van der Waals surface area contributed by atoms with Gasteiger partial charge in [-0.1, -0.05) is 54.3 Å². The third kappa shape index (κ3) is 7.09. The molecule has 1 fully saturated rings. The summed E-state index contributed by atoms with van der Waals surface area (Å²) < 4.78 is 67.6. The standard InChI is InChI=1S/C29H34N2O6S5/c1-4-21(18-26-31(14-8-16-42(35,36)37)29-27(39-26)19(2)20(3)38-29)17-25-30(13-7-15-41(32,33)34)24-12-11-22-9-5-6-10-23(22)28(24)40-25/h5-6,9-12,17-18,27,29H,4,7-8,13-16H2,1-3H3,(H-,32,33,34,35,36,37)/p+1. The molecule has 226 valence electrons. The summed E-state index contributed by atoms with van der Waals surface area (Å²) in [6.45, 7) is 7.35. The molecule has 0 spiro atoms. The van der Waals surface area contributed by atoms with Gasteiger partial charge in [0.25, 0.3) is 25.2 Å². The zero-order valence-electron chi connectivity index (χ0n) is 23.7. The lowest BCUT2D eigenvalue weighted by atomic mass is 10.1. The molecule has 0 radical (unpaired) electrons. The number of nitrogens with zero attached hydrogens (tertiary/aromatic N) is 2. The fourth-order valence-corrected chi connectivity index (χ4v) is 10.9. The van der Waals surface area contributed by atoms with Gasteiger partial charge in [0.2, 0.25) is 5.52 Å². The van der Waals surface area contributed by atoms with Crippen LogP contribution in [-0.4, -0.2) is 59.5 Å². The molecule has 2 aliphatic rings. The third-order valence-electron chi connectivity index (χ3n) is 7.61. The minimum absolute atomic E-state index is 0.182. The number of benzene rings is 2. The van der Waals surface area contributed by atoms with Crippen molar-refractivity contribution in [2.75, 3.05) is 18.1 Å². The molecular formula is C29H35N2O6S5+. The molecule has 1 saturated heterocycles. The molecule has 1 aromatic heterocycles. The number of aryl methyl sites for hydroxylation is 1. The summed E-state index contributed by atoms with van der Waals surface area (Å²) in [4.78, 5) is 3.57. The summed E-state index contributed by atoms with van der Waals surface area (Å²) in [6.07, 6.45) is 5.73. The molecule has 0 saturated carbocycles. The largest absolute Gasteiger partial charge is 0.353 e. The van der Waals surface area contributed by atoms with Crippen molar-refractivity contribution >= 4 is 82.2 Å². The predicted octanol–water partition coefficient (Wildman–Crippen LogP) is 6.32. The zero-order chi connectivity index (χ0) is 30.2. The minimum atomic E-state index is -4.06. The molecule has 0 aliphatic carbocycles. The first-order chi connectivity index (χ1) is 19.8. The van der Waals surface area contributed by atoms with Gasteiger partial charge in [0, 0.05) is 30.5 Å². The fraction of sp³-hybridized carbons (Fsp3) is 0.414. The molecule has 3 aromatic rings. The number of hydrogen-bond donors (Lipinski definition) is 2. The maximum atomic E-state index is 11.5. The molecular weight excluding hydrogens is 633 g/mol. The number of rotatable bonds is 11. The van der Waals surface area contributed by atoms with Gasteiger partial charge >= 0.3 is 0 Å². The average molecular weight is 668 g/mol. The van der Waals surface area contributed by atoms with Gasteiger partial charge in [0.05, 0.1) is 27.2 Å². The van der Waals surface area contributed by atoms with Gasteiger partial charge in [-0.25, -0.2) is 0 Å². The van der Waals surface area contributed by atoms with Crippen LogP contribution in [0.15, 0.2) is 63.6 Å². The SMILES string of the molecule is CCC(=C/c1sc2c3ccccc3ccc2[n+]1CCCS(=O)(=O)O)/C=C1\SC2C(C)=C(C)SC2N1CCCS(=O)(=O)O. The number of allylic oxidation sites excluding steroid dienone is 3. The summed E-state index contributed by atoms with van der Waals surface area (Å²) in [5.74, 6) is -0.578. The van der Waals surface area contributed by atoms with E-state index in [9.17, 15) is 25.9 Å². The number of thiazole rings is 1. The molecule has 13 heteroatoms. The molecule has 2 N–H and O–H groups in total. The van der Waals surface area contributed by atoms with Gasteiger partial charge in [-0.3, -0.25) is 9.11 Å². The highest BCUT2D eigenvalue weighted by Gasteiger charge is 2.43. The minimum Gasteiger partial charge on any atom is -0.353 e. The van der Waals surface area contributed by atoms with Crippen molar-refractivity contribution in [1.29, 1.82) is 0 Å². The molecule has 2 aromatic carbocycles. The Labute approximate surface area is 260 Å². The number of hydrogen-bond acceptors (Lipinski definition) is 8. The van der Waals surface area contributed by atoms with Crippen LogP contribution in [0.5, 0.6) is 0 Å². The van der Waals surface area contributed by atoms with E-state index in [1.807, 2.05) is 23.9 Å². The Morgan fingerprint density at radius 1 is 1.00 bits per heavy atom. The Morgan fingerprint density at radius 2 is 1.71 bits per heavy atom. The van der Waals surface area contributed by atoms with Crippen molar-refractivity contribution in [3.63, 3.8) is 0 Å². The van der Waals surface area contributed by atoms with Crippen LogP contribution in [0.3, 0.4) is 0 Å². The van der Waals surface area contributed by atoms with Crippen molar-refractivity contribution in [2.24, 2.45) is 0 Å². The molecule has 2 aliphatic heterocycles. The first kappa shape index (κ1) is 31.6. The van der Waals surface area contributed by atoms with Crippen molar-refractivity contribution in [1.82, 2.24) is 4.90 Å². The highest BCUT2D eigenvalue weighted by atomic mass is 32.2. The zero-order valence-corrected chi connectivity index (χ0v) is 27.8. The number of thioether (sulfide) groups is 2. The van der Waals surface area contributed by atoms with Crippen molar-refractivity contribution in [2.45, 2.75) is 57.2 Å². The second kappa shape index (κ2) is 12.6. The van der Waals surface area contributed by atoms with Crippen LogP contribution >= 0.6 is 34.9 Å². The molecule has 3 heterocycles. The van der Waals surface area contributed by atoms with Gasteiger partial charge in [-0.05, 0) is 60.3 Å². The lowest BCUT2D eigenvalue weighted by Gasteiger charge is -2.26. The predicted molar refractivity (Wildman–Crippen MR) is 176 cm³/mol. The van der Waals surface area contributed by atoms with Crippen LogP contribution in [0.25, 0.3) is 27.1 Å². The Kier molecular flexibility index (Phi) is 9.48. The quantitative estimate of drug-likeness (QED) is 0.179. The number of aromatic nitrogens is 1. The van der Waals surface area contributed by atoms with E-state index < -0.39 is 20.2 Å². The maximum Gasteiger partial charge on any atom is 0.265 e. The van der Waals surface area contributed by atoms with E-state index in [2.05, 4.69) is 66.7 Å². The van der Waals surface area contributed by atoms with Gasteiger partial charge in [-0.2, -0.15) is 21.4 Å². The summed E-state index contributed by atoms with van der Waals surface area (Å²) in [5.41, 5.74) is 3.46. The molecule has 0 bridgehead atoms. The second-order valence-electron chi connectivity index (χ2n) is 10.5. The first-order valence-electron chi connectivity index (χ1n) is 13.8. The summed E-state index contributed by atoms with van der Waals surface area (Å²) in [6, 6.07) is 12.4. The first-order valence-corrected chi connectivity index (χ1v) is 19.6. The van der Waals surface area contributed by atoms with Gasteiger partial charge in [-0.15, -0.1) is 11.8 Å². The topological polar surface area (TPSA) is 116 Å². The Hall–Kier alpha value is -1.87. The Morgan fingerprint density at radius 3 is 2.43 bits per heavy atom. The Bertz CT molecular complexity index is 1830. The molecule has 42 heavy (non-hydrogen) atoms. The average Bonchev–Trinajstić information content (AvgIpc) is 3.53. The lowest BCUT2D eigenvalue weighted by Crippen LogP contribution is -2.36. The van der Waals surface area contributed by atoms with E-state index in [4.69, 9.17) is 0 Å². The molecule has 2 unspecified atom stereocenters. The number of fused-ring (bicyclic) bond motifs is 4. The van der Waals surface area contributed by atoms with E-state index in [0.717, 1.165) is 43.0 Å². The molecule has 8 nitrogen and oxygen atoms in total. The van der Waals surface area contributed by atoms with Gasteiger partial charge < -0.3 is 4.90 Å². The van der Waals surface area contributed by atoms with Crippen LogP contribution in [0.1, 0.15) is 45.0 Å². The van der Waals surface area contributed by atoms with Crippen molar-refractivity contribution < 1.29 is 30.5 Å². The van der Waals surface area contributed by atoms with Crippen LogP contribution < -0.4 is 4.57 Å². The second-order valence-corrected chi connectivity index (χ2v) is 17.2. The highest BCUT2D eigenvalue weighted by molar-refractivity contribution is 8.09. The van der Waals surface area contributed by atoms with Crippen molar-refractivity contribution in [3.05, 3.63) is 68.6 Å². The summed E-state index contributed by atoms with van der Waals surface area (Å²) >= 11 is 5.28. The van der Waals surface area contributed by atoms with Crippen LogP contribution in [0, 0.1) is 0 Å².